The van der Waals surface area contributed by atoms with Crippen LogP contribution in [0.1, 0.15) is 44.9 Å². The van der Waals surface area contributed by atoms with Crippen LogP contribution in [0.3, 0.4) is 0 Å². The van der Waals surface area contributed by atoms with Gasteiger partial charge in [0.15, 0.2) is 0 Å². The summed E-state index contributed by atoms with van der Waals surface area (Å²) in [7, 11) is 0. The van der Waals surface area contributed by atoms with Gasteiger partial charge in [0.1, 0.15) is 0 Å². The second-order valence-corrected chi connectivity index (χ2v) is 6.14. The quantitative estimate of drug-likeness (QED) is 0.600. The Labute approximate surface area is 116 Å². The number of nitrogens with one attached hydrogen (secondary N) is 2. The van der Waals surface area contributed by atoms with Crippen LogP contribution in [-0.2, 0) is 4.79 Å². The number of carbonyl (C=O) groups excluding carboxylic acids is 1. The summed E-state index contributed by atoms with van der Waals surface area (Å²) in [5.74, 6) is 2.23. The fourth-order valence-electron chi connectivity index (χ4n) is 2.34. The zero-order valence-corrected chi connectivity index (χ0v) is 12.5. The first-order valence-electron chi connectivity index (χ1n) is 7.29. The monoisotopic (exact) mass is 272 g/mol. The molecule has 0 aromatic carbocycles. The van der Waals surface area contributed by atoms with E-state index in [2.05, 4.69) is 16.9 Å². The largest absolute Gasteiger partial charge is 0.356 e. The van der Waals surface area contributed by atoms with E-state index in [9.17, 15) is 4.79 Å². The first-order chi connectivity index (χ1) is 8.83. The van der Waals surface area contributed by atoms with Crippen molar-refractivity contribution in [1.82, 2.24) is 10.6 Å². The highest BCUT2D eigenvalue weighted by Crippen LogP contribution is 2.13. The number of rotatable bonds is 10. The second kappa shape index (κ2) is 10.7. The molecule has 1 amide bonds. The first-order valence-corrected chi connectivity index (χ1v) is 8.68. The molecule has 0 radical (unpaired) electrons. The van der Waals surface area contributed by atoms with Gasteiger partial charge >= 0.3 is 0 Å². The van der Waals surface area contributed by atoms with Crippen LogP contribution < -0.4 is 10.6 Å². The van der Waals surface area contributed by atoms with E-state index in [0.717, 1.165) is 38.4 Å². The highest BCUT2D eigenvalue weighted by molar-refractivity contribution is 7.98. The lowest BCUT2D eigenvalue weighted by Gasteiger charge is -2.08. The zero-order valence-electron chi connectivity index (χ0n) is 11.7. The standard InChI is InChI=1S/C14H28N2OS/c1-18-11-5-3-2-4-9-16-14(17)7-6-13-8-10-15-12-13/h13,15H,2-12H2,1H3,(H,16,17). The maximum absolute atomic E-state index is 11.6. The van der Waals surface area contributed by atoms with Crippen molar-refractivity contribution in [2.75, 3.05) is 31.6 Å². The van der Waals surface area contributed by atoms with Gasteiger partial charge in [0.05, 0.1) is 0 Å². The number of carbonyl (C=O) groups is 1. The number of hydrogen-bond acceptors (Lipinski definition) is 3. The van der Waals surface area contributed by atoms with Gasteiger partial charge < -0.3 is 10.6 Å². The molecule has 1 atom stereocenters. The Morgan fingerprint density at radius 2 is 2.17 bits per heavy atom. The maximum Gasteiger partial charge on any atom is 0.220 e. The lowest BCUT2D eigenvalue weighted by atomic mass is 10.0. The molecule has 0 aliphatic carbocycles. The zero-order chi connectivity index (χ0) is 13.1. The van der Waals surface area contributed by atoms with E-state index in [-0.39, 0.29) is 5.91 Å². The van der Waals surface area contributed by atoms with Gasteiger partial charge in [-0.3, -0.25) is 4.79 Å². The molecule has 4 heteroatoms. The van der Waals surface area contributed by atoms with E-state index in [1.54, 1.807) is 0 Å². The van der Waals surface area contributed by atoms with Crippen molar-refractivity contribution in [2.45, 2.75) is 44.9 Å². The minimum atomic E-state index is 0.242. The van der Waals surface area contributed by atoms with Crippen molar-refractivity contribution >= 4 is 17.7 Å². The third-order valence-electron chi connectivity index (χ3n) is 3.54. The third-order valence-corrected chi connectivity index (χ3v) is 4.24. The van der Waals surface area contributed by atoms with Crippen molar-refractivity contribution in [2.24, 2.45) is 5.92 Å². The van der Waals surface area contributed by atoms with E-state index in [1.807, 2.05) is 11.8 Å². The molecular formula is C14H28N2OS. The second-order valence-electron chi connectivity index (χ2n) is 5.15. The predicted molar refractivity (Wildman–Crippen MR) is 80.1 cm³/mol. The highest BCUT2D eigenvalue weighted by Gasteiger charge is 2.15. The highest BCUT2D eigenvalue weighted by atomic mass is 32.2. The average Bonchev–Trinajstić information content (AvgIpc) is 2.88. The first kappa shape index (κ1) is 15.8. The molecule has 0 bridgehead atoms. The van der Waals surface area contributed by atoms with Crippen LogP contribution >= 0.6 is 11.8 Å². The van der Waals surface area contributed by atoms with Crippen LogP contribution in [0.15, 0.2) is 0 Å². The van der Waals surface area contributed by atoms with Crippen LogP contribution in [0.25, 0.3) is 0 Å². The van der Waals surface area contributed by atoms with Gasteiger partial charge in [-0.05, 0) is 56.7 Å². The SMILES string of the molecule is CSCCCCCCNC(=O)CCC1CCNC1. The summed E-state index contributed by atoms with van der Waals surface area (Å²) >= 11 is 1.91. The molecule has 18 heavy (non-hydrogen) atoms. The van der Waals surface area contributed by atoms with Crippen molar-refractivity contribution < 1.29 is 4.79 Å². The minimum Gasteiger partial charge on any atom is -0.356 e. The Hall–Kier alpha value is -0.220. The van der Waals surface area contributed by atoms with Gasteiger partial charge in [-0.15, -0.1) is 0 Å². The minimum absolute atomic E-state index is 0.242. The molecule has 3 nitrogen and oxygen atoms in total. The van der Waals surface area contributed by atoms with E-state index < -0.39 is 0 Å². The van der Waals surface area contributed by atoms with Crippen molar-refractivity contribution in [3.05, 3.63) is 0 Å². The van der Waals surface area contributed by atoms with Crippen LogP contribution in [0, 0.1) is 5.92 Å². The molecule has 1 fully saturated rings. The Kier molecular flexibility index (Phi) is 9.40. The van der Waals surface area contributed by atoms with E-state index in [1.165, 1.54) is 31.4 Å². The van der Waals surface area contributed by atoms with Crippen molar-refractivity contribution in [3.63, 3.8) is 0 Å². The Balaban J connectivity index is 1.84. The summed E-state index contributed by atoms with van der Waals surface area (Å²) in [6.07, 6.45) is 10.1. The molecule has 2 N–H and O–H groups in total. The van der Waals surface area contributed by atoms with Gasteiger partial charge in [0.25, 0.3) is 0 Å². The Bertz CT molecular complexity index is 218. The summed E-state index contributed by atoms with van der Waals surface area (Å²) in [5, 5.41) is 6.37. The topological polar surface area (TPSA) is 41.1 Å². The van der Waals surface area contributed by atoms with Gasteiger partial charge in [0, 0.05) is 13.0 Å². The molecule has 1 aliphatic rings. The average molecular weight is 272 g/mol. The molecule has 0 aromatic rings. The fourth-order valence-corrected chi connectivity index (χ4v) is 2.83. The molecule has 1 heterocycles. The fraction of sp³-hybridized carbons (Fsp3) is 0.929. The normalized spacial score (nSPS) is 19.1. The number of thioether (sulfide) groups is 1. The summed E-state index contributed by atoms with van der Waals surface area (Å²) in [5.41, 5.74) is 0. The summed E-state index contributed by atoms with van der Waals surface area (Å²) in [4.78, 5) is 11.6. The lowest BCUT2D eigenvalue weighted by Crippen LogP contribution is -2.25. The molecule has 0 aromatic heterocycles. The Morgan fingerprint density at radius 1 is 1.33 bits per heavy atom. The van der Waals surface area contributed by atoms with Gasteiger partial charge in [-0.25, -0.2) is 0 Å². The molecule has 1 saturated heterocycles. The van der Waals surface area contributed by atoms with Crippen LogP contribution in [0.2, 0.25) is 0 Å². The molecule has 0 spiro atoms. The van der Waals surface area contributed by atoms with Crippen molar-refractivity contribution in [1.29, 1.82) is 0 Å². The third kappa shape index (κ3) is 7.98. The van der Waals surface area contributed by atoms with Crippen LogP contribution in [-0.4, -0.2) is 37.6 Å². The molecule has 1 aliphatic heterocycles. The smallest absolute Gasteiger partial charge is 0.220 e. The summed E-state index contributed by atoms with van der Waals surface area (Å²) in [6.45, 7) is 3.09. The predicted octanol–water partition coefficient (Wildman–Crippen LogP) is 2.42. The molecule has 0 saturated carbocycles. The maximum atomic E-state index is 11.6. The van der Waals surface area contributed by atoms with E-state index in [4.69, 9.17) is 0 Å². The molecule has 1 rings (SSSR count). The van der Waals surface area contributed by atoms with Crippen LogP contribution in [0.4, 0.5) is 0 Å². The molecule has 1 unspecified atom stereocenters. The Morgan fingerprint density at radius 3 is 2.89 bits per heavy atom. The summed E-state index contributed by atoms with van der Waals surface area (Å²) < 4.78 is 0. The van der Waals surface area contributed by atoms with E-state index >= 15 is 0 Å². The van der Waals surface area contributed by atoms with Gasteiger partial charge in [0.2, 0.25) is 5.91 Å². The van der Waals surface area contributed by atoms with Crippen LogP contribution in [0.5, 0.6) is 0 Å². The van der Waals surface area contributed by atoms with Crippen molar-refractivity contribution in [3.8, 4) is 0 Å². The molecular weight excluding hydrogens is 244 g/mol. The number of hydrogen-bond donors (Lipinski definition) is 2. The van der Waals surface area contributed by atoms with E-state index in [0.29, 0.717) is 6.42 Å². The van der Waals surface area contributed by atoms with Gasteiger partial charge in [-0.2, -0.15) is 11.8 Å². The molecule has 106 valence electrons. The number of unbranched alkanes of at least 4 members (excludes halogenated alkanes) is 3. The lowest BCUT2D eigenvalue weighted by molar-refractivity contribution is -0.121. The summed E-state index contributed by atoms with van der Waals surface area (Å²) in [6, 6.07) is 0. The number of amides is 1. The van der Waals surface area contributed by atoms with Gasteiger partial charge in [-0.1, -0.05) is 12.8 Å².